The van der Waals surface area contributed by atoms with Gasteiger partial charge >= 0.3 is 0 Å². The summed E-state index contributed by atoms with van der Waals surface area (Å²) in [7, 11) is -4.07. The summed E-state index contributed by atoms with van der Waals surface area (Å²) in [5.41, 5.74) is 1.63. The van der Waals surface area contributed by atoms with Crippen molar-refractivity contribution in [2.45, 2.75) is 39.8 Å². The fourth-order valence-electron chi connectivity index (χ4n) is 6.10. The number of carbonyl (C=O) groups excluding carboxylic acids is 1. The van der Waals surface area contributed by atoms with Crippen molar-refractivity contribution in [3.8, 4) is 11.5 Å². The molecule has 232 valence electrons. The Kier molecular flexibility index (Phi) is 7.87. The van der Waals surface area contributed by atoms with Gasteiger partial charge in [-0.2, -0.15) is 0 Å². The van der Waals surface area contributed by atoms with Crippen molar-refractivity contribution in [2.24, 2.45) is 5.41 Å². The number of allylic oxidation sites excluding steroid dienone is 1. The van der Waals surface area contributed by atoms with Crippen LogP contribution in [0.15, 0.2) is 95.5 Å². The maximum absolute atomic E-state index is 16.4. The zero-order valence-electron chi connectivity index (χ0n) is 25.0. The Labute approximate surface area is 266 Å². The molecule has 7 nitrogen and oxygen atoms in total. The van der Waals surface area contributed by atoms with Gasteiger partial charge in [0.25, 0.3) is 5.91 Å². The van der Waals surface area contributed by atoms with Crippen molar-refractivity contribution in [3.05, 3.63) is 129 Å². The first-order chi connectivity index (χ1) is 21.3. The lowest BCUT2D eigenvalue weighted by atomic mass is 9.88. The molecule has 4 aromatic carbocycles. The first-order valence-electron chi connectivity index (χ1n) is 14.5. The highest BCUT2D eigenvalue weighted by atomic mass is 35.5. The summed E-state index contributed by atoms with van der Waals surface area (Å²) in [5.74, 6) is -1.58. The van der Waals surface area contributed by atoms with Crippen LogP contribution in [0, 0.1) is 18.2 Å². The maximum Gasteiger partial charge on any atom is 0.260 e. The number of hydrogen-bond acceptors (Lipinski definition) is 6. The standard InChI is InChI=1S/C35H32ClFN2O5S/c1-21-12-15-26(36)25(16-21)34(41)39-29-10-7-11-30(40)31(29)38-28-18-35(2,3)20-45(42,43)33(28)32(39)24-14-13-23(17-27(24)37)44-19-22-8-5-4-6-9-22/h4-17,32,38,40H,18-20H2,1-3H3. The zero-order valence-corrected chi connectivity index (χ0v) is 26.5. The number of hydrogen-bond donors (Lipinski definition) is 2. The van der Waals surface area contributed by atoms with Gasteiger partial charge in [0.1, 0.15) is 35.7 Å². The second-order valence-corrected chi connectivity index (χ2v) is 14.6. The van der Waals surface area contributed by atoms with E-state index in [1.807, 2.05) is 44.2 Å². The number of phenols is 1. The molecule has 0 spiro atoms. The van der Waals surface area contributed by atoms with Crippen LogP contribution in [0.4, 0.5) is 15.8 Å². The minimum atomic E-state index is -4.07. The van der Waals surface area contributed by atoms with E-state index in [0.717, 1.165) is 11.1 Å². The number of nitrogens with zero attached hydrogens (tertiary/aromatic N) is 1. The molecule has 0 fully saturated rings. The predicted octanol–water partition coefficient (Wildman–Crippen LogP) is 7.94. The molecule has 0 aromatic heterocycles. The fraction of sp³-hybridized carbons (Fsp3) is 0.229. The molecule has 10 heteroatoms. The number of halogens is 2. The molecule has 1 amide bonds. The number of sulfone groups is 1. The van der Waals surface area contributed by atoms with Gasteiger partial charge in [0.15, 0.2) is 9.84 Å². The fourth-order valence-corrected chi connectivity index (χ4v) is 8.66. The van der Waals surface area contributed by atoms with Gasteiger partial charge in [0, 0.05) is 17.3 Å². The molecule has 1 unspecified atom stereocenters. The number of aryl methyl sites for hydroxylation is 1. The minimum Gasteiger partial charge on any atom is -0.506 e. The molecule has 4 aromatic rings. The van der Waals surface area contributed by atoms with Gasteiger partial charge in [-0.1, -0.05) is 73.5 Å². The molecular formula is C35H32ClFN2O5S. The molecule has 2 heterocycles. The highest BCUT2D eigenvalue weighted by molar-refractivity contribution is 7.95. The quantitative estimate of drug-likeness (QED) is 0.214. The Hall–Kier alpha value is -4.34. The van der Waals surface area contributed by atoms with Crippen LogP contribution in [0.25, 0.3) is 0 Å². The van der Waals surface area contributed by atoms with Crippen LogP contribution in [0.1, 0.15) is 53.4 Å². The van der Waals surface area contributed by atoms with E-state index in [2.05, 4.69) is 5.32 Å². The van der Waals surface area contributed by atoms with E-state index in [1.165, 1.54) is 23.1 Å². The number of amides is 1. The number of rotatable bonds is 5. The first-order valence-corrected chi connectivity index (χ1v) is 16.5. The highest BCUT2D eigenvalue weighted by Crippen LogP contribution is 2.52. The monoisotopic (exact) mass is 646 g/mol. The van der Waals surface area contributed by atoms with Gasteiger partial charge in [-0.25, -0.2) is 12.8 Å². The number of carbonyl (C=O) groups is 1. The Morgan fingerprint density at radius 1 is 1.07 bits per heavy atom. The zero-order chi connectivity index (χ0) is 32.1. The lowest BCUT2D eigenvalue weighted by Crippen LogP contribution is -2.41. The van der Waals surface area contributed by atoms with Crippen LogP contribution in [0.2, 0.25) is 5.02 Å². The average Bonchev–Trinajstić information content (AvgIpc) is 3.12. The topological polar surface area (TPSA) is 95.9 Å². The summed E-state index contributed by atoms with van der Waals surface area (Å²) in [6.45, 7) is 5.67. The van der Waals surface area contributed by atoms with Gasteiger partial charge in [-0.15, -0.1) is 0 Å². The predicted molar refractivity (Wildman–Crippen MR) is 174 cm³/mol. The van der Waals surface area contributed by atoms with E-state index >= 15 is 4.39 Å². The van der Waals surface area contributed by atoms with Crippen molar-refractivity contribution < 1.29 is 27.4 Å². The number of anilines is 2. The summed E-state index contributed by atoms with van der Waals surface area (Å²) in [6, 6.07) is 21.7. The second kappa shape index (κ2) is 11.5. The molecule has 2 N–H and O–H groups in total. The van der Waals surface area contributed by atoms with Gasteiger partial charge in [0.05, 0.1) is 26.9 Å². The van der Waals surface area contributed by atoms with Gasteiger partial charge in [-0.05, 0) is 60.7 Å². The Balaban J connectivity index is 1.58. The van der Waals surface area contributed by atoms with E-state index in [1.54, 1.807) is 43.3 Å². The van der Waals surface area contributed by atoms with E-state index in [-0.39, 0.29) is 68.4 Å². The normalized spacial score (nSPS) is 18.3. The van der Waals surface area contributed by atoms with Crippen LogP contribution in [-0.2, 0) is 16.4 Å². The summed E-state index contributed by atoms with van der Waals surface area (Å²) in [6.07, 6.45) is 0.277. The van der Waals surface area contributed by atoms with Crippen molar-refractivity contribution in [1.82, 2.24) is 0 Å². The summed E-state index contributed by atoms with van der Waals surface area (Å²) >= 11 is 6.54. The minimum absolute atomic E-state index is 0.0482. The van der Waals surface area contributed by atoms with Crippen LogP contribution in [-0.4, -0.2) is 25.2 Å². The average molecular weight is 647 g/mol. The smallest absolute Gasteiger partial charge is 0.260 e. The molecule has 0 saturated carbocycles. The van der Waals surface area contributed by atoms with Gasteiger partial charge in [-0.3, -0.25) is 9.69 Å². The van der Waals surface area contributed by atoms with Gasteiger partial charge in [0.2, 0.25) is 0 Å². The molecule has 0 bridgehead atoms. The SMILES string of the molecule is Cc1ccc(Cl)c(C(=O)N2c3cccc(O)c3NC3=C(C2c2ccc(OCc4ccccc4)cc2F)S(=O)(=O)CC(C)(C)C3)c1. The number of benzene rings is 4. The third kappa shape index (κ3) is 5.90. The number of para-hydroxylation sites is 1. The number of aromatic hydroxyl groups is 1. The second-order valence-electron chi connectivity index (χ2n) is 12.3. The molecule has 0 radical (unpaired) electrons. The number of ether oxygens (including phenoxy) is 1. The summed E-state index contributed by atoms with van der Waals surface area (Å²) in [5, 5.41) is 14.3. The number of phenolic OH excluding ortho intramolecular Hbond substituents is 1. The highest BCUT2D eigenvalue weighted by Gasteiger charge is 2.48. The molecule has 1 atom stereocenters. The molecule has 6 rings (SSSR count). The molecule has 2 aliphatic heterocycles. The lowest BCUT2D eigenvalue weighted by Gasteiger charge is -2.37. The number of nitrogens with one attached hydrogen (secondary N) is 1. The Morgan fingerprint density at radius 2 is 1.82 bits per heavy atom. The van der Waals surface area contributed by atoms with E-state index in [9.17, 15) is 18.3 Å². The van der Waals surface area contributed by atoms with Crippen molar-refractivity contribution in [2.75, 3.05) is 16.0 Å². The molecule has 0 saturated heterocycles. The molecule has 2 aliphatic rings. The largest absolute Gasteiger partial charge is 0.506 e. The first kappa shape index (κ1) is 30.7. The van der Waals surface area contributed by atoms with Crippen LogP contribution in [0.3, 0.4) is 0 Å². The van der Waals surface area contributed by atoms with E-state index in [4.69, 9.17) is 16.3 Å². The summed E-state index contributed by atoms with van der Waals surface area (Å²) in [4.78, 5) is 15.7. The van der Waals surface area contributed by atoms with Crippen LogP contribution < -0.4 is 15.0 Å². The third-order valence-corrected chi connectivity index (χ3v) is 10.6. The van der Waals surface area contributed by atoms with Crippen molar-refractivity contribution >= 4 is 38.7 Å². The molecule has 45 heavy (non-hydrogen) atoms. The van der Waals surface area contributed by atoms with Crippen molar-refractivity contribution in [1.29, 1.82) is 0 Å². The number of fused-ring (bicyclic) bond motifs is 1. The summed E-state index contributed by atoms with van der Waals surface area (Å²) < 4.78 is 50.6. The third-order valence-electron chi connectivity index (χ3n) is 8.02. The molecular weight excluding hydrogens is 615 g/mol. The Morgan fingerprint density at radius 3 is 2.56 bits per heavy atom. The van der Waals surface area contributed by atoms with E-state index in [0.29, 0.717) is 0 Å². The van der Waals surface area contributed by atoms with Crippen molar-refractivity contribution in [3.63, 3.8) is 0 Å². The Bertz CT molecular complexity index is 1960. The van der Waals surface area contributed by atoms with Gasteiger partial charge < -0.3 is 15.2 Å². The lowest BCUT2D eigenvalue weighted by molar-refractivity contribution is 0.0980. The van der Waals surface area contributed by atoms with Crippen LogP contribution >= 0.6 is 11.6 Å². The van der Waals surface area contributed by atoms with E-state index < -0.39 is 33.0 Å². The molecule has 0 aliphatic carbocycles. The maximum atomic E-state index is 16.4. The van der Waals surface area contributed by atoms with Crippen LogP contribution in [0.5, 0.6) is 11.5 Å².